The van der Waals surface area contributed by atoms with Crippen LogP contribution in [0.25, 0.3) is 10.8 Å². The molecule has 2 aromatic carbocycles. The van der Waals surface area contributed by atoms with Crippen molar-refractivity contribution < 1.29 is 4.79 Å². The molecule has 0 heterocycles. The highest BCUT2D eigenvalue weighted by atomic mass is 16.2. The van der Waals surface area contributed by atoms with Gasteiger partial charge in [-0.2, -0.15) is 0 Å². The van der Waals surface area contributed by atoms with Crippen molar-refractivity contribution in [1.29, 1.82) is 0 Å². The van der Waals surface area contributed by atoms with E-state index < -0.39 is 0 Å². The lowest BCUT2D eigenvalue weighted by molar-refractivity contribution is -0.123. The van der Waals surface area contributed by atoms with Crippen LogP contribution in [-0.2, 0) is 4.79 Å². The molecule has 2 saturated carbocycles. The third-order valence-corrected chi connectivity index (χ3v) is 5.47. The zero-order chi connectivity index (χ0) is 15.8. The largest absolute Gasteiger partial charge is 0.353 e. The van der Waals surface area contributed by atoms with E-state index in [0.29, 0.717) is 18.0 Å². The van der Waals surface area contributed by atoms with E-state index >= 15 is 0 Å². The van der Waals surface area contributed by atoms with Crippen molar-refractivity contribution in [2.75, 3.05) is 0 Å². The van der Waals surface area contributed by atoms with Gasteiger partial charge in [-0.1, -0.05) is 42.5 Å². The average Bonchev–Trinajstić information content (AvgIpc) is 3.37. The lowest BCUT2D eigenvalue weighted by Crippen LogP contribution is -2.41. The molecule has 0 aliphatic heterocycles. The molecular weight excluding hydrogens is 284 g/mol. The number of fused-ring (bicyclic) bond motifs is 1. The fraction of sp³-hybridized carbons (Fsp3) is 0.450. The van der Waals surface area contributed by atoms with E-state index in [4.69, 9.17) is 5.73 Å². The Balaban J connectivity index is 1.44. The zero-order valence-electron chi connectivity index (χ0n) is 13.4. The fourth-order valence-corrected chi connectivity index (χ4v) is 3.97. The van der Waals surface area contributed by atoms with E-state index in [1.165, 1.54) is 16.3 Å². The van der Waals surface area contributed by atoms with Crippen molar-refractivity contribution in [3.05, 3.63) is 48.0 Å². The molecule has 2 atom stereocenters. The van der Waals surface area contributed by atoms with Gasteiger partial charge in [0.15, 0.2) is 0 Å². The molecule has 4 rings (SSSR count). The van der Waals surface area contributed by atoms with Crippen molar-refractivity contribution in [1.82, 2.24) is 5.32 Å². The van der Waals surface area contributed by atoms with Gasteiger partial charge in [-0.15, -0.1) is 0 Å². The Labute approximate surface area is 137 Å². The number of nitrogens with one attached hydrogen (secondary N) is 1. The Morgan fingerprint density at radius 3 is 2.57 bits per heavy atom. The quantitative estimate of drug-likeness (QED) is 0.914. The van der Waals surface area contributed by atoms with Gasteiger partial charge in [0.2, 0.25) is 5.91 Å². The Kier molecular flexibility index (Phi) is 3.82. The minimum atomic E-state index is 0.149. The topological polar surface area (TPSA) is 55.1 Å². The van der Waals surface area contributed by atoms with Gasteiger partial charge in [-0.05, 0) is 54.4 Å². The molecule has 3 heteroatoms. The number of hydrogen-bond donors (Lipinski definition) is 2. The predicted octanol–water partition coefficient (Wildman–Crippen LogP) is 3.33. The van der Waals surface area contributed by atoms with Crippen LogP contribution in [0.5, 0.6) is 0 Å². The van der Waals surface area contributed by atoms with Crippen molar-refractivity contribution in [3.8, 4) is 0 Å². The third kappa shape index (κ3) is 2.98. The van der Waals surface area contributed by atoms with Gasteiger partial charge in [-0.3, -0.25) is 4.79 Å². The molecule has 0 saturated heterocycles. The maximum atomic E-state index is 12.5. The van der Waals surface area contributed by atoms with E-state index in [0.717, 1.165) is 32.1 Å². The Bertz CT molecular complexity index is 713. The molecular formula is C20H24N2O. The SMILES string of the molecule is NC1CCC(NC(=O)C2CC2c2cccc3ccccc23)CC1. The molecule has 2 unspecified atom stereocenters. The summed E-state index contributed by atoms with van der Waals surface area (Å²) in [5.41, 5.74) is 7.27. The van der Waals surface area contributed by atoms with Crippen LogP contribution in [0.1, 0.15) is 43.6 Å². The molecule has 3 N–H and O–H groups in total. The highest BCUT2D eigenvalue weighted by Gasteiger charge is 2.45. The fourth-order valence-electron chi connectivity index (χ4n) is 3.97. The maximum Gasteiger partial charge on any atom is 0.223 e. The minimum absolute atomic E-state index is 0.149. The minimum Gasteiger partial charge on any atom is -0.353 e. The summed E-state index contributed by atoms with van der Waals surface area (Å²) in [6, 6.07) is 15.5. The molecule has 0 aromatic heterocycles. The van der Waals surface area contributed by atoms with Crippen LogP contribution >= 0.6 is 0 Å². The van der Waals surface area contributed by atoms with Gasteiger partial charge < -0.3 is 11.1 Å². The monoisotopic (exact) mass is 308 g/mol. The van der Waals surface area contributed by atoms with Crippen LogP contribution in [0.3, 0.4) is 0 Å². The molecule has 3 nitrogen and oxygen atoms in total. The first-order valence-corrected chi connectivity index (χ1v) is 8.76. The third-order valence-electron chi connectivity index (χ3n) is 5.47. The Morgan fingerprint density at radius 2 is 1.74 bits per heavy atom. The van der Waals surface area contributed by atoms with E-state index in [2.05, 4.69) is 47.8 Å². The normalized spacial score (nSPS) is 30.1. The summed E-state index contributed by atoms with van der Waals surface area (Å²) in [4.78, 5) is 12.5. The Morgan fingerprint density at radius 1 is 1.00 bits per heavy atom. The van der Waals surface area contributed by atoms with E-state index in [-0.39, 0.29) is 11.8 Å². The maximum absolute atomic E-state index is 12.5. The summed E-state index contributed by atoms with van der Waals surface area (Å²) < 4.78 is 0. The lowest BCUT2D eigenvalue weighted by Gasteiger charge is -2.26. The van der Waals surface area contributed by atoms with Crippen molar-refractivity contribution >= 4 is 16.7 Å². The molecule has 2 aliphatic rings. The summed E-state index contributed by atoms with van der Waals surface area (Å²) >= 11 is 0. The number of rotatable bonds is 3. The van der Waals surface area contributed by atoms with Gasteiger partial charge in [0.05, 0.1) is 0 Å². The number of carbonyl (C=O) groups is 1. The first-order chi connectivity index (χ1) is 11.2. The van der Waals surface area contributed by atoms with E-state index in [1.54, 1.807) is 0 Å². The van der Waals surface area contributed by atoms with Crippen LogP contribution in [0.15, 0.2) is 42.5 Å². The standard InChI is InChI=1S/C20H24N2O/c21-14-8-10-15(11-9-14)22-20(23)19-12-18(19)17-7-3-5-13-4-1-2-6-16(13)17/h1-7,14-15,18-19H,8-12,21H2,(H,22,23). The molecule has 2 fully saturated rings. The number of amides is 1. The highest BCUT2D eigenvalue weighted by molar-refractivity contribution is 5.89. The summed E-state index contributed by atoms with van der Waals surface area (Å²) in [6.07, 6.45) is 5.09. The van der Waals surface area contributed by atoms with Crippen LogP contribution in [0.4, 0.5) is 0 Å². The van der Waals surface area contributed by atoms with E-state index in [1.807, 2.05) is 0 Å². The number of carbonyl (C=O) groups excluding carboxylic acids is 1. The molecule has 120 valence electrons. The van der Waals surface area contributed by atoms with Crippen molar-refractivity contribution in [3.63, 3.8) is 0 Å². The van der Waals surface area contributed by atoms with Gasteiger partial charge in [0, 0.05) is 18.0 Å². The molecule has 2 aromatic rings. The summed E-state index contributed by atoms with van der Waals surface area (Å²) in [5, 5.41) is 5.81. The first-order valence-electron chi connectivity index (χ1n) is 8.76. The van der Waals surface area contributed by atoms with Crippen LogP contribution < -0.4 is 11.1 Å². The molecule has 1 amide bonds. The number of benzene rings is 2. The smallest absolute Gasteiger partial charge is 0.223 e. The number of hydrogen-bond acceptors (Lipinski definition) is 2. The first kappa shape index (κ1) is 14.7. The lowest BCUT2D eigenvalue weighted by atomic mass is 9.91. The highest BCUT2D eigenvalue weighted by Crippen LogP contribution is 2.49. The second-order valence-corrected chi connectivity index (χ2v) is 7.14. The molecule has 0 spiro atoms. The zero-order valence-corrected chi connectivity index (χ0v) is 13.4. The molecule has 0 bridgehead atoms. The second-order valence-electron chi connectivity index (χ2n) is 7.14. The van der Waals surface area contributed by atoms with Crippen LogP contribution in [-0.4, -0.2) is 18.0 Å². The second kappa shape index (κ2) is 5.97. The van der Waals surface area contributed by atoms with Crippen molar-refractivity contribution in [2.24, 2.45) is 11.7 Å². The van der Waals surface area contributed by atoms with Crippen molar-refractivity contribution in [2.45, 2.75) is 50.1 Å². The van der Waals surface area contributed by atoms with Crippen LogP contribution in [0.2, 0.25) is 0 Å². The van der Waals surface area contributed by atoms with Gasteiger partial charge in [-0.25, -0.2) is 0 Å². The summed E-state index contributed by atoms with van der Waals surface area (Å²) in [6.45, 7) is 0. The van der Waals surface area contributed by atoms with E-state index in [9.17, 15) is 4.79 Å². The molecule has 2 aliphatic carbocycles. The number of nitrogens with two attached hydrogens (primary N) is 1. The molecule has 23 heavy (non-hydrogen) atoms. The summed E-state index contributed by atoms with van der Waals surface area (Å²) in [7, 11) is 0. The average molecular weight is 308 g/mol. The molecule has 0 radical (unpaired) electrons. The Hall–Kier alpha value is -1.87. The van der Waals surface area contributed by atoms with Gasteiger partial charge in [0.25, 0.3) is 0 Å². The van der Waals surface area contributed by atoms with Crippen LogP contribution in [0, 0.1) is 5.92 Å². The summed E-state index contributed by atoms with van der Waals surface area (Å²) in [5.74, 6) is 0.770. The predicted molar refractivity (Wildman–Crippen MR) is 93.2 cm³/mol. The van der Waals surface area contributed by atoms with Gasteiger partial charge >= 0.3 is 0 Å². The van der Waals surface area contributed by atoms with Gasteiger partial charge in [0.1, 0.15) is 0 Å².